The fraction of sp³-hybridized carbons (Fsp3) is 0.588. The molecule has 21 heavy (non-hydrogen) atoms. The van der Waals surface area contributed by atoms with Crippen LogP contribution in [0.4, 0.5) is 0 Å². The largest absolute Gasteiger partial charge is 0.469 e. The molecule has 2 rings (SSSR count). The van der Waals surface area contributed by atoms with E-state index in [1.165, 1.54) is 19.1 Å². The Labute approximate surface area is 127 Å². The maximum absolute atomic E-state index is 11.5. The molecule has 4 heteroatoms. The summed E-state index contributed by atoms with van der Waals surface area (Å²) >= 11 is 0. The van der Waals surface area contributed by atoms with Crippen LogP contribution in [0.15, 0.2) is 24.3 Å². The summed E-state index contributed by atoms with van der Waals surface area (Å²) in [6.45, 7) is 5.76. The molecule has 0 aliphatic carbocycles. The van der Waals surface area contributed by atoms with Crippen LogP contribution in [0.2, 0.25) is 0 Å². The number of nitrogens with zero attached hydrogens (tertiary/aromatic N) is 1. The topological polar surface area (TPSA) is 38.8 Å². The van der Waals surface area contributed by atoms with E-state index in [9.17, 15) is 4.79 Å². The Kier molecular flexibility index (Phi) is 6.21. The number of benzene rings is 1. The van der Waals surface area contributed by atoms with Gasteiger partial charge in [0.2, 0.25) is 0 Å². The number of hydrogen-bond acceptors (Lipinski definition) is 4. The molecule has 0 amide bonds. The highest BCUT2D eigenvalue weighted by Gasteiger charge is 2.21. The molecule has 116 valence electrons. The predicted molar refractivity (Wildman–Crippen MR) is 82.1 cm³/mol. The van der Waals surface area contributed by atoms with E-state index in [0.29, 0.717) is 12.5 Å². The first-order chi connectivity index (χ1) is 10.2. The van der Waals surface area contributed by atoms with E-state index in [0.717, 1.165) is 38.2 Å². The highest BCUT2D eigenvalue weighted by molar-refractivity contribution is 5.72. The van der Waals surface area contributed by atoms with Crippen molar-refractivity contribution in [3.05, 3.63) is 35.4 Å². The maximum atomic E-state index is 11.5. The molecule has 0 N–H and O–H groups in total. The van der Waals surface area contributed by atoms with Crippen LogP contribution < -0.4 is 0 Å². The van der Waals surface area contributed by atoms with E-state index in [4.69, 9.17) is 9.47 Å². The van der Waals surface area contributed by atoms with Crippen LogP contribution in [-0.2, 0) is 27.2 Å². The summed E-state index contributed by atoms with van der Waals surface area (Å²) in [5, 5.41) is 0. The van der Waals surface area contributed by atoms with Gasteiger partial charge in [-0.25, -0.2) is 0 Å². The van der Waals surface area contributed by atoms with Crippen LogP contribution in [0.25, 0.3) is 0 Å². The van der Waals surface area contributed by atoms with Gasteiger partial charge in [0.15, 0.2) is 0 Å². The third-order valence-corrected chi connectivity index (χ3v) is 3.94. The molecule has 0 spiro atoms. The number of likely N-dealkylation sites (tertiary alicyclic amines) is 1. The molecule has 1 saturated heterocycles. The van der Waals surface area contributed by atoms with Crippen molar-refractivity contribution < 1.29 is 14.3 Å². The average Bonchev–Trinajstić information content (AvgIpc) is 2.50. The first kappa shape index (κ1) is 16.0. The quantitative estimate of drug-likeness (QED) is 0.755. The standard InChI is InChI=1S/C17H25NO3/c1-3-21-16-9-6-10-18(13-16)12-15-8-5-4-7-14(15)11-17(19)20-2/h4-5,7-8,16H,3,6,9-13H2,1-2H3. The van der Waals surface area contributed by atoms with Crippen LogP contribution >= 0.6 is 0 Å². The Balaban J connectivity index is 2.00. The van der Waals surface area contributed by atoms with Gasteiger partial charge in [-0.05, 0) is 37.4 Å². The lowest BCUT2D eigenvalue weighted by atomic mass is 10.0. The van der Waals surface area contributed by atoms with E-state index in [1.807, 2.05) is 25.1 Å². The van der Waals surface area contributed by atoms with Gasteiger partial charge in [-0.2, -0.15) is 0 Å². The number of methoxy groups -OCH3 is 1. The number of rotatable bonds is 6. The van der Waals surface area contributed by atoms with Gasteiger partial charge >= 0.3 is 5.97 Å². The van der Waals surface area contributed by atoms with Gasteiger partial charge in [0, 0.05) is 19.7 Å². The lowest BCUT2D eigenvalue weighted by Gasteiger charge is -2.32. The summed E-state index contributed by atoms with van der Waals surface area (Å²) < 4.78 is 10.5. The summed E-state index contributed by atoms with van der Waals surface area (Å²) in [5.74, 6) is -0.187. The Morgan fingerprint density at radius 2 is 2.10 bits per heavy atom. The molecule has 0 aromatic heterocycles. The SMILES string of the molecule is CCOC1CCCN(Cc2ccccc2CC(=O)OC)C1. The summed E-state index contributed by atoms with van der Waals surface area (Å²) in [6, 6.07) is 8.11. The fourth-order valence-corrected chi connectivity index (χ4v) is 2.88. The predicted octanol–water partition coefficient (Wildman–Crippen LogP) is 2.40. The average molecular weight is 291 g/mol. The monoisotopic (exact) mass is 291 g/mol. The van der Waals surface area contributed by atoms with E-state index in [-0.39, 0.29) is 5.97 Å². The molecular formula is C17H25NO3. The molecule has 0 bridgehead atoms. The van der Waals surface area contributed by atoms with Crippen molar-refractivity contribution >= 4 is 5.97 Å². The van der Waals surface area contributed by atoms with Gasteiger partial charge in [-0.1, -0.05) is 24.3 Å². The molecule has 1 atom stereocenters. The highest BCUT2D eigenvalue weighted by Crippen LogP contribution is 2.18. The molecule has 1 aromatic carbocycles. The minimum Gasteiger partial charge on any atom is -0.469 e. The van der Waals surface area contributed by atoms with Crippen LogP contribution in [0.3, 0.4) is 0 Å². The summed E-state index contributed by atoms with van der Waals surface area (Å²) in [7, 11) is 1.43. The van der Waals surface area contributed by atoms with Crippen molar-refractivity contribution in [2.75, 3.05) is 26.8 Å². The zero-order valence-corrected chi connectivity index (χ0v) is 13.0. The number of carbonyl (C=O) groups is 1. The van der Waals surface area contributed by atoms with Crippen molar-refractivity contribution in [2.45, 2.75) is 38.8 Å². The molecule has 1 aromatic rings. The van der Waals surface area contributed by atoms with Crippen LogP contribution in [0.5, 0.6) is 0 Å². The van der Waals surface area contributed by atoms with Crippen molar-refractivity contribution in [3.63, 3.8) is 0 Å². The van der Waals surface area contributed by atoms with Gasteiger partial charge in [0.05, 0.1) is 19.6 Å². The van der Waals surface area contributed by atoms with Crippen molar-refractivity contribution in [1.82, 2.24) is 4.90 Å². The zero-order valence-electron chi connectivity index (χ0n) is 13.0. The molecule has 1 heterocycles. The molecule has 1 fully saturated rings. The number of esters is 1. The minimum atomic E-state index is -0.187. The number of carbonyl (C=O) groups excluding carboxylic acids is 1. The lowest BCUT2D eigenvalue weighted by molar-refractivity contribution is -0.139. The molecule has 1 aliphatic rings. The van der Waals surface area contributed by atoms with Gasteiger partial charge in [-0.15, -0.1) is 0 Å². The summed E-state index contributed by atoms with van der Waals surface area (Å²) in [6.07, 6.45) is 3.00. The smallest absolute Gasteiger partial charge is 0.309 e. The van der Waals surface area contributed by atoms with Gasteiger partial charge < -0.3 is 9.47 Å². The van der Waals surface area contributed by atoms with Crippen LogP contribution in [0, 0.1) is 0 Å². The molecular weight excluding hydrogens is 266 g/mol. The lowest BCUT2D eigenvalue weighted by Crippen LogP contribution is -2.39. The van der Waals surface area contributed by atoms with Crippen molar-refractivity contribution in [3.8, 4) is 0 Å². The van der Waals surface area contributed by atoms with Crippen LogP contribution in [0.1, 0.15) is 30.9 Å². The van der Waals surface area contributed by atoms with Gasteiger partial charge in [0.25, 0.3) is 0 Å². The fourth-order valence-electron chi connectivity index (χ4n) is 2.88. The molecule has 0 radical (unpaired) electrons. The van der Waals surface area contributed by atoms with E-state index >= 15 is 0 Å². The first-order valence-corrected chi connectivity index (χ1v) is 7.70. The van der Waals surface area contributed by atoms with E-state index < -0.39 is 0 Å². The first-order valence-electron chi connectivity index (χ1n) is 7.70. The van der Waals surface area contributed by atoms with Crippen molar-refractivity contribution in [1.29, 1.82) is 0 Å². The van der Waals surface area contributed by atoms with Gasteiger partial charge in [-0.3, -0.25) is 9.69 Å². The number of ether oxygens (including phenoxy) is 2. The highest BCUT2D eigenvalue weighted by atomic mass is 16.5. The van der Waals surface area contributed by atoms with E-state index in [2.05, 4.69) is 11.0 Å². The zero-order chi connectivity index (χ0) is 15.1. The van der Waals surface area contributed by atoms with E-state index in [1.54, 1.807) is 0 Å². The molecule has 1 unspecified atom stereocenters. The Morgan fingerprint density at radius 3 is 2.81 bits per heavy atom. The Hall–Kier alpha value is -1.39. The van der Waals surface area contributed by atoms with Gasteiger partial charge in [0.1, 0.15) is 0 Å². The second kappa shape index (κ2) is 8.15. The summed E-state index contributed by atoms with van der Waals surface area (Å²) in [5.41, 5.74) is 2.27. The Morgan fingerprint density at radius 1 is 1.33 bits per heavy atom. The van der Waals surface area contributed by atoms with Crippen molar-refractivity contribution in [2.24, 2.45) is 0 Å². The van der Waals surface area contributed by atoms with Crippen LogP contribution in [-0.4, -0.2) is 43.8 Å². The number of piperidine rings is 1. The molecule has 1 aliphatic heterocycles. The molecule has 0 saturated carbocycles. The summed E-state index contributed by atoms with van der Waals surface area (Å²) in [4.78, 5) is 13.9. The number of hydrogen-bond donors (Lipinski definition) is 0. The third kappa shape index (κ3) is 4.83. The molecule has 4 nitrogen and oxygen atoms in total. The second-order valence-electron chi connectivity index (χ2n) is 5.48. The maximum Gasteiger partial charge on any atom is 0.309 e. The Bertz CT molecular complexity index is 459. The normalized spacial score (nSPS) is 19.4. The minimum absolute atomic E-state index is 0.187. The third-order valence-electron chi connectivity index (χ3n) is 3.94. The second-order valence-corrected chi connectivity index (χ2v) is 5.48.